The molecule has 0 atom stereocenters. The number of hydrogen-bond acceptors (Lipinski definition) is 5. The van der Waals surface area contributed by atoms with Gasteiger partial charge in [0.15, 0.2) is 5.65 Å². The minimum Gasteiger partial charge on any atom is -0.382 e. The van der Waals surface area contributed by atoms with Gasteiger partial charge in [-0.15, -0.1) is 5.10 Å². The Bertz CT molecular complexity index is 967. The van der Waals surface area contributed by atoms with E-state index in [-0.39, 0.29) is 0 Å². The van der Waals surface area contributed by atoms with E-state index in [1.807, 2.05) is 36.1 Å². The van der Waals surface area contributed by atoms with Gasteiger partial charge in [0, 0.05) is 48.2 Å². The number of rotatable bonds is 2. The third-order valence-corrected chi connectivity index (χ3v) is 3.41. The molecule has 4 aromatic rings. The van der Waals surface area contributed by atoms with E-state index in [0.717, 1.165) is 22.5 Å². The number of nitrogens with two attached hydrogens (primary N) is 1. The Balaban J connectivity index is 1.90. The number of anilines is 1. The van der Waals surface area contributed by atoms with Crippen LogP contribution < -0.4 is 5.73 Å². The van der Waals surface area contributed by atoms with Crippen LogP contribution >= 0.6 is 0 Å². The van der Waals surface area contributed by atoms with Gasteiger partial charge in [0.05, 0.1) is 11.4 Å². The Morgan fingerprint density at radius 2 is 2.05 bits per heavy atom. The van der Waals surface area contributed by atoms with Crippen molar-refractivity contribution in [2.24, 2.45) is 0 Å². The standard InChI is InChI=1S/C15H13N7/c1-10-3-5-21(19-10)13-2-4-17-8-12(13)11-7-18-15-6-14(16)20-22(15)9-11/h2-9H,1H3,(H2,16,20). The number of aryl methyl sites for hydroxylation is 1. The van der Waals surface area contributed by atoms with E-state index in [9.17, 15) is 0 Å². The molecular formula is C15H13N7. The van der Waals surface area contributed by atoms with Crippen molar-refractivity contribution < 1.29 is 0 Å². The maximum absolute atomic E-state index is 5.70. The quantitative estimate of drug-likeness (QED) is 0.609. The molecular weight excluding hydrogens is 278 g/mol. The smallest absolute Gasteiger partial charge is 0.157 e. The summed E-state index contributed by atoms with van der Waals surface area (Å²) >= 11 is 0. The van der Waals surface area contributed by atoms with E-state index in [0.29, 0.717) is 11.5 Å². The van der Waals surface area contributed by atoms with E-state index in [1.54, 1.807) is 29.2 Å². The Morgan fingerprint density at radius 1 is 1.14 bits per heavy atom. The van der Waals surface area contributed by atoms with E-state index in [4.69, 9.17) is 5.73 Å². The maximum Gasteiger partial charge on any atom is 0.157 e. The molecule has 4 rings (SSSR count). The van der Waals surface area contributed by atoms with E-state index in [2.05, 4.69) is 20.2 Å². The summed E-state index contributed by atoms with van der Waals surface area (Å²) in [4.78, 5) is 8.60. The van der Waals surface area contributed by atoms with Crippen LogP contribution in [0.3, 0.4) is 0 Å². The first-order valence-electron chi connectivity index (χ1n) is 6.79. The Labute approximate surface area is 126 Å². The second-order valence-corrected chi connectivity index (χ2v) is 5.01. The van der Waals surface area contributed by atoms with E-state index >= 15 is 0 Å². The molecule has 0 spiro atoms. The van der Waals surface area contributed by atoms with Crippen molar-refractivity contribution >= 4 is 11.5 Å². The number of nitrogen functional groups attached to an aromatic ring is 1. The highest BCUT2D eigenvalue weighted by atomic mass is 15.3. The lowest BCUT2D eigenvalue weighted by molar-refractivity contribution is 0.861. The fraction of sp³-hybridized carbons (Fsp3) is 0.0667. The number of fused-ring (bicyclic) bond motifs is 1. The molecule has 0 bridgehead atoms. The van der Waals surface area contributed by atoms with Gasteiger partial charge in [-0.25, -0.2) is 14.2 Å². The molecule has 0 aromatic carbocycles. The summed E-state index contributed by atoms with van der Waals surface area (Å²) in [7, 11) is 0. The van der Waals surface area contributed by atoms with Gasteiger partial charge in [-0.1, -0.05) is 0 Å². The maximum atomic E-state index is 5.70. The highest BCUT2D eigenvalue weighted by Crippen LogP contribution is 2.25. The molecule has 0 unspecified atom stereocenters. The minimum absolute atomic E-state index is 0.443. The fourth-order valence-corrected chi connectivity index (χ4v) is 2.39. The lowest BCUT2D eigenvalue weighted by atomic mass is 10.1. The number of aromatic nitrogens is 6. The predicted molar refractivity (Wildman–Crippen MR) is 82.5 cm³/mol. The Hall–Kier alpha value is -3.22. The molecule has 0 fully saturated rings. The zero-order chi connectivity index (χ0) is 15.1. The molecule has 0 aliphatic rings. The van der Waals surface area contributed by atoms with Crippen LogP contribution in [0.2, 0.25) is 0 Å². The molecule has 0 saturated carbocycles. The van der Waals surface area contributed by atoms with Crippen LogP contribution in [0.4, 0.5) is 5.82 Å². The number of hydrogen-bond donors (Lipinski definition) is 1. The number of pyridine rings is 1. The monoisotopic (exact) mass is 291 g/mol. The molecule has 0 saturated heterocycles. The predicted octanol–water partition coefficient (Wildman–Crippen LogP) is 1.87. The third kappa shape index (κ3) is 1.99. The highest BCUT2D eigenvalue weighted by Gasteiger charge is 2.10. The third-order valence-electron chi connectivity index (χ3n) is 3.41. The van der Waals surface area contributed by atoms with Gasteiger partial charge in [0.2, 0.25) is 0 Å². The van der Waals surface area contributed by atoms with Crippen molar-refractivity contribution in [3.63, 3.8) is 0 Å². The van der Waals surface area contributed by atoms with Gasteiger partial charge in [0.25, 0.3) is 0 Å². The topological polar surface area (TPSA) is 86.9 Å². The first-order chi connectivity index (χ1) is 10.7. The SMILES string of the molecule is Cc1ccn(-c2ccncc2-c2cnc3cc(N)nn3c2)n1. The van der Waals surface area contributed by atoms with Crippen LogP contribution in [0, 0.1) is 6.92 Å². The minimum atomic E-state index is 0.443. The summed E-state index contributed by atoms with van der Waals surface area (Å²) in [6, 6.07) is 5.61. The van der Waals surface area contributed by atoms with Crippen molar-refractivity contribution in [3.05, 3.63) is 54.9 Å². The van der Waals surface area contributed by atoms with E-state index in [1.165, 1.54) is 0 Å². The molecule has 108 valence electrons. The van der Waals surface area contributed by atoms with Crippen molar-refractivity contribution in [1.82, 2.24) is 29.4 Å². The normalized spacial score (nSPS) is 11.1. The lowest BCUT2D eigenvalue weighted by Crippen LogP contribution is -2.00. The molecule has 22 heavy (non-hydrogen) atoms. The summed E-state index contributed by atoms with van der Waals surface area (Å²) in [6.07, 6.45) is 9.13. The number of nitrogens with zero attached hydrogens (tertiary/aromatic N) is 6. The highest BCUT2D eigenvalue weighted by molar-refractivity contribution is 5.71. The van der Waals surface area contributed by atoms with Crippen LogP contribution in [0.1, 0.15) is 5.69 Å². The molecule has 7 nitrogen and oxygen atoms in total. The summed E-state index contributed by atoms with van der Waals surface area (Å²) in [5.74, 6) is 0.443. The Kier molecular flexibility index (Phi) is 2.65. The summed E-state index contributed by atoms with van der Waals surface area (Å²) < 4.78 is 3.49. The van der Waals surface area contributed by atoms with Gasteiger partial charge in [0.1, 0.15) is 5.82 Å². The molecule has 0 aliphatic heterocycles. The molecule has 0 aliphatic carbocycles. The molecule has 0 radical (unpaired) electrons. The average Bonchev–Trinajstić information content (AvgIpc) is 3.11. The zero-order valence-corrected chi connectivity index (χ0v) is 11.9. The second kappa shape index (κ2) is 4.66. The van der Waals surface area contributed by atoms with Crippen molar-refractivity contribution in [2.75, 3.05) is 5.73 Å². The van der Waals surface area contributed by atoms with Crippen molar-refractivity contribution in [2.45, 2.75) is 6.92 Å². The van der Waals surface area contributed by atoms with Crippen LogP contribution in [-0.2, 0) is 0 Å². The molecule has 7 heteroatoms. The van der Waals surface area contributed by atoms with Crippen LogP contribution in [0.5, 0.6) is 0 Å². The van der Waals surface area contributed by atoms with Crippen LogP contribution in [0.15, 0.2) is 49.2 Å². The first kappa shape index (κ1) is 12.5. The fourth-order valence-electron chi connectivity index (χ4n) is 2.39. The summed E-state index contributed by atoms with van der Waals surface area (Å²) in [5, 5.41) is 8.65. The molecule has 2 N–H and O–H groups in total. The zero-order valence-electron chi connectivity index (χ0n) is 11.9. The van der Waals surface area contributed by atoms with Gasteiger partial charge in [-0.2, -0.15) is 5.10 Å². The van der Waals surface area contributed by atoms with Gasteiger partial charge >= 0.3 is 0 Å². The van der Waals surface area contributed by atoms with E-state index < -0.39 is 0 Å². The van der Waals surface area contributed by atoms with Crippen LogP contribution in [-0.4, -0.2) is 29.4 Å². The largest absolute Gasteiger partial charge is 0.382 e. The van der Waals surface area contributed by atoms with Gasteiger partial charge in [-0.05, 0) is 19.1 Å². The molecule has 0 amide bonds. The molecule has 4 heterocycles. The first-order valence-corrected chi connectivity index (χ1v) is 6.79. The molecule has 4 aromatic heterocycles. The van der Waals surface area contributed by atoms with Crippen LogP contribution in [0.25, 0.3) is 22.5 Å². The van der Waals surface area contributed by atoms with Gasteiger partial charge < -0.3 is 5.73 Å². The average molecular weight is 291 g/mol. The van der Waals surface area contributed by atoms with Crippen molar-refractivity contribution in [3.8, 4) is 16.8 Å². The lowest BCUT2D eigenvalue weighted by Gasteiger charge is -2.09. The van der Waals surface area contributed by atoms with Gasteiger partial charge in [-0.3, -0.25) is 4.98 Å². The second-order valence-electron chi connectivity index (χ2n) is 5.01. The van der Waals surface area contributed by atoms with Crippen molar-refractivity contribution in [1.29, 1.82) is 0 Å². The summed E-state index contributed by atoms with van der Waals surface area (Å²) in [6.45, 7) is 1.96. The summed E-state index contributed by atoms with van der Waals surface area (Å²) in [5.41, 5.74) is 10.1. The Morgan fingerprint density at radius 3 is 2.86 bits per heavy atom.